The number of rotatable bonds is 6. The third-order valence-electron chi connectivity index (χ3n) is 3.28. The van der Waals surface area contributed by atoms with E-state index in [-0.39, 0.29) is 6.61 Å². The average molecular weight is 289 g/mol. The summed E-state index contributed by atoms with van der Waals surface area (Å²) in [4.78, 5) is 0. The van der Waals surface area contributed by atoms with Gasteiger partial charge in [0.1, 0.15) is 12.4 Å². The molecule has 0 spiro atoms. The molecule has 0 radical (unpaired) electrons. The molecule has 0 aliphatic heterocycles. The van der Waals surface area contributed by atoms with Crippen LogP contribution >= 0.6 is 0 Å². The van der Waals surface area contributed by atoms with Crippen molar-refractivity contribution in [3.63, 3.8) is 0 Å². The molecule has 0 heterocycles. The van der Waals surface area contributed by atoms with Crippen molar-refractivity contribution in [1.82, 2.24) is 5.32 Å². The highest BCUT2D eigenvalue weighted by atomic mass is 19.4. The van der Waals surface area contributed by atoms with Gasteiger partial charge < -0.3 is 10.1 Å². The standard InChI is InChI=1S/C14H18F3NO2/c1-2-18-12-7-6-11-10(12)4-3-5-13(11)19-8-9-20-14(15,16)17/h3-5,12,18H,2,6-9H2,1H3. The maximum absolute atomic E-state index is 11.9. The van der Waals surface area contributed by atoms with Crippen LogP contribution in [0.2, 0.25) is 0 Å². The summed E-state index contributed by atoms with van der Waals surface area (Å²) in [5, 5.41) is 3.39. The first-order chi connectivity index (χ1) is 9.51. The largest absolute Gasteiger partial charge is 0.522 e. The van der Waals surface area contributed by atoms with Crippen molar-refractivity contribution in [3.8, 4) is 5.75 Å². The van der Waals surface area contributed by atoms with E-state index < -0.39 is 13.0 Å². The van der Waals surface area contributed by atoms with Gasteiger partial charge in [-0.2, -0.15) is 0 Å². The molecule has 1 aliphatic carbocycles. The maximum Gasteiger partial charge on any atom is 0.522 e. The molecule has 0 amide bonds. The molecule has 6 heteroatoms. The zero-order valence-corrected chi connectivity index (χ0v) is 11.3. The lowest BCUT2D eigenvalue weighted by atomic mass is 10.1. The molecule has 2 rings (SSSR count). The number of alkyl halides is 3. The number of halogens is 3. The van der Waals surface area contributed by atoms with E-state index in [1.54, 1.807) is 6.07 Å². The van der Waals surface area contributed by atoms with Crippen LogP contribution in [-0.2, 0) is 11.2 Å². The lowest BCUT2D eigenvalue weighted by molar-refractivity contribution is -0.325. The quantitative estimate of drug-likeness (QED) is 0.816. The second-order valence-corrected chi connectivity index (χ2v) is 4.62. The van der Waals surface area contributed by atoms with Crippen LogP contribution in [-0.4, -0.2) is 26.1 Å². The molecular weight excluding hydrogens is 271 g/mol. The average Bonchev–Trinajstić information content (AvgIpc) is 2.78. The lowest BCUT2D eigenvalue weighted by Crippen LogP contribution is -2.19. The summed E-state index contributed by atoms with van der Waals surface area (Å²) in [6.45, 7) is 2.33. The zero-order chi connectivity index (χ0) is 14.6. The minimum atomic E-state index is -4.60. The van der Waals surface area contributed by atoms with Crippen molar-refractivity contribution in [3.05, 3.63) is 29.3 Å². The van der Waals surface area contributed by atoms with Crippen molar-refractivity contribution >= 4 is 0 Å². The van der Waals surface area contributed by atoms with E-state index in [4.69, 9.17) is 4.74 Å². The Kier molecular flexibility index (Phi) is 4.88. The van der Waals surface area contributed by atoms with E-state index in [2.05, 4.69) is 10.1 Å². The van der Waals surface area contributed by atoms with Gasteiger partial charge in [0.25, 0.3) is 0 Å². The van der Waals surface area contributed by atoms with Crippen molar-refractivity contribution in [1.29, 1.82) is 0 Å². The molecule has 20 heavy (non-hydrogen) atoms. The SMILES string of the molecule is CCNC1CCc2c(OCCOC(F)(F)F)cccc21. The Morgan fingerprint density at radius 1 is 1.30 bits per heavy atom. The molecule has 1 N–H and O–H groups in total. The van der Waals surface area contributed by atoms with Gasteiger partial charge in [-0.3, -0.25) is 4.74 Å². The first kappa shape index (κ1) is 15.1. The van der Waals surface area contributed by atoms with Crippen LogP contribution in [0, 0.1) is 0 Å². The molecule has 112 valence electrons. The molecule has 1 aromatic carbocycles. The van der Waals surface area contributed by atoms with Gasteiger partial charge in [0.05, 0.1) is 6.61 Å². The van der Waals surface area contributed by atoms with Crippen molar-refractivity contribution < 1.29 is 22.6 Å². The van der Waals surface area contributed by atoms with E-state index in [1.807, 2.05) is 19.1 Å². The van der Waals surface area contributed by atoms with E-state index in [0.717, 1.165) is 24.9 Å². The molecule has 0 saturated carbocycles. The summed E-state index contributed by atoms with van der Waals surface area (Å²) >= 11 is 0. The second-order valence-electron chi connectivity index (χ2n) is 4.62. The van der Waals surface area contributed by atoms with Crippen molar-refractivity contribution in [2.75, 3.05) is 19.8 Å². The Morgan fingerprint density at radius 2 is 2.10 bits per heavy atom. The summed E-state index contributed by atoms with van der Waals surface area (Å²) in [6.07, 6.45) is -2.73. The van der Waals surface area contributed by atoms with Crippen LogP contribution in [0.4, 0.5) is 13.2 Å². The highest BCUT2D eigenvalue weighted by molar-refractivity contribution is 5.45. The van der Waals surface area contributed by atoms with Gasteiger partial charge in [-0.1, -0.05) is 19.1 Å². The second kappa shape index (κ2) is 6.45. The molecule has 1 aliphatic rings. The Hall–Kier alpha value is -1.27. The van der Waals surface area contributed by atoms with Crippen molar-refractivity contribution in [2.24, 2.45) is 0 Å². The predicted octanol–water partition coefficient (Wildman–Crippen LogP) is 3.20. The fourth-order valence-electron chi connectivity index (χ4n) is 2.52. The highest BCUT2D eigenvalue weighted by Crippen LogP contribution is 2.36. The molecule has 0 fully saturated rings. The molecule has 0 saturated heterocycles. The van der Waals surface area contributed by atoms with E-state index in [9.17, 15) is 13.2 Å². The zero-order valence-electron chi connectivity index (χ0n) is 11.3. The fraction of sp³-hybridized carbons (Fsp3) is 0.571. The molecular formula is C14H18F3NO2. The number of benzene rings is 1. The number of hydrogen-bond acceptors (Lipinski definition) is 3. The third kappa shape index (κ3) is 3.86. The highest BCUT2D eigenvalue weighted by Gasteiger charge is 2.29. The number of hydrogen-bond donors (Lipinski definition) is 1. The summed E-state index contributed by atoms with van der Waals surface area (Å²) in [7, 11) is 0. The predicted molar refractivity (Wildman–Crippen MR) is 68.7 cm³/mol. The van der Waals surface area contributed by atoms with Crippen LogP contribution in [0.3, 0.4) is 0 Å². The third-order valence-corrected chi connectivity index (χ3v) is 3.28. The molecule has 3 nitrogen and oxygen atoms in total. The summed E-state index contributed by atoms with van der Waals surface area (Å²) in [5.74, 6) is 0.661. The normalized spacial score (nSPS) is 18.1. The minimum absolute atomic E-state index is 0.109. The Morgan fingerprint density at radius 3 is 2.80 bits per heavy atom. The Balaban J connectivity index is 1.93. The maximum atomic E-state index is 11.9. The summed E-state index contributed by atoms with van der Waals surface area (Å²) < 4.78 is 44.7. The number of ether oxygens (including phenoxy) is 2. The van der Waals surface area contributed by atoms with Gasteiger partial charge in [-0.15, -0.1) is 13.2 Å². The lowest BCUT2D eigenvalue weighted by Gasteiger charge is -2.14. The fourth-order valence-corrected chi connectivity index (χ4v) is 2.52. The van der Waals surface area contributed by atoms with Crippen LogP contribution in [0.15, 0.2) is 18.2 Å². The first-order valence-corrected chi connectivity index (χ1v) is 6.70. The monoisotopic (exact) mass is 289 g/mol. The molecule has 1 atom stereocenters. The Labute approximate surface area is 116 Å². The molecule has 1 unspecified atom stereocenters. The molecule has 0 aromatic heterocycles. The van der Waals surface area contributed by atoms with Gasteiger partial charge in [-0.05, 0) is 36.6 Å². The Bertz CT molecular complexity index is 449. The van der Waals surface area contributed by atoms with Gasteiger partial charge in [0.2, 0.25) is 0 Å². The smallest absolute Gasteiger partial charge is 0.491 e. The number of fused-ring (bicyclic) bond motifs is 1. The first-order valence-electron chi connectivity index (χ1n) is 6.70. The van der Waals surface area contributed by atoms with Crippen LogP contribution in [0.5, 0.6) is 5.75 Å². The summed E-state index contributed by atoms with van der Waals surface area (Å²) in [5.41, 5.74) is 2.27. The summed E-state index contributed by atoms with van der Waals surface area (Å²) in [6, 6.07) is 6.01. The van der Waals surface area contributed by atoms with Crippen molar-refractivity contribution in [2.45, 2.75) is 32.2 Å². The van der Waals surface area contributed by atoms with E-state index >= 15 is 0 Å². The molecule has 1 aromatic rings. The van der Waals surface area contributed by atoms with Gasteiger partial charge in [0.15, 0.2) is 0 Å². The van der Waals surface area contributed by atoms with E-state index in [1.165, 1.54) is 5.56 Å². The van der Waals surface area contributed by atoms with Gasteiger partial charge in [0, 0.05) is 6.04 Å². The molecule has 0 bridgehead atoms. The van der Waals surface area contributed by atoms with Gasteiger partial charge >= 0.3 is 6.36 Å². The van der Waals surface area contributed by atoms with Gasteiger partial charge in [-0.25, -0.2) is 0 Å². The minimum Gasteiger partial charge on any atom is -0.491 e. The van der Waals surface area contributed by atoms with Crippen LogP contribution < -0.4 is 10.1 Å². The number of nitrogens with one attached hydrogen (secondary N) is 1. The van der Waals surface area contributed by atoms with E-state index in [0.29, 0.717) is 11.8 Å². The van der Waals surface area contributed by atoms with Crippen LogP contribution in [0.1, 0.15) is 30.5 Å². The topological polar surface area (TPSA) is 30.5 Å². The van der Waals surface area contributed by atoms with Crippen LogP contribution in [0.25, 0.3) is 0 Å².